The lowest BCUT2D eigenvalue weighted by molar-refractivity contribution is 0.376. The number of benzene rings is 8. The van der Waals surface area contributed by atoms with E-state index in [0.717, 1.165) is 0 Å². The topological polar surface area (TPSA) is 113 Å². The van der Waals surface area contributed by atoms with Gasteiger partial charge in [0.05, 0.1) is 78.7 Å². The summed E-state index contributed by atoms with van der Waals surface area (Å²) in [6.07, 6.45) is 1.19. The molecule has 9 heterocycles. The first-order chi connectivity index (χ1) is 64.2. The molecule has 4 N–H and O–H groups in total. The number of aromatic nitrogens is 4. The second kappa shape index (κ2) is 33.1. The largest absolute Gasteiger partial charge is 0.354 e. The molecular weight excluding hydrogens is 1930 g/mol. The normalized spacial score (nSPS) is 14.6. The van der Waals surface area contributed by atoms with E-state index in [9.17, 15) is 0 Å². The Bertz CT molecular complexity index is 7140. The van der Waals surface area contributed by atoms with E-state index in [0.29, 0.717) is 0 Å². The van der Waals surface area contributed by atoms with Crippen molar-refractivity contribution in [3.63, 3.8) is 0 Å². The van der Waals surface area contributed by atoms with E-state index >= 15 is 176 Å². The Morgan fingerprint density at radius 3 is 0.662 bits per heavy atom. The van der Waals surface area contributed by atoms with Crippen LogP contribution in [0.3, 0.4) is 0 Å². The van der Waals surface area contributed by atoms with E-state index in [1.54, 1.807) is 0 Å². The van der Waals surface area contributed by atoms with Crippen LogP contribution >= 0.6 is 0 Å². The van der Waals surface area contributed by atoms with E-state index in [2.05, 4.69) is 20.0 Å². The maximum Gasteiger partial charge on any atom is 0.200 e. The van der Waals surface area contributed by atoms with Crippen LogP contribution < -0.4 is 21.4 Å². The Hall–Kier alpha value is -15.8. The average molecular weight is 1950 g/mol. The van der Waals surface area contributed by atoms with Gasteiger partial charge in [0.25, 0.3) is 0 Å². The molecule has 136 heavy (non-hydrogen) atoms. The summed E-state index contributed by atoms with van der Waals surface area (Å²) in [5.74, 6) is -121. The molecule has 692 valence electrons. The standard InChI is InChI=1S/C88H20F40N8/c89-49-41(50(90)66(106)81(121)65(49)105)33-17-13-31(129-15-17)39(47-61(101)77(117)87(127)78(118)62(47)102)29-11-9-27(135-29)37(45-57(97)73(113)85(125)74(114)58(45)98)25-7-8-26(134-25)38(46-59(99)75(115)86(126)76(116)60(46)100)28-10-12-30(136-28)40(48-63(103)79(119)88(128)80(120)64(48)104)32-14-18(16-130-32)34(42-51(91)67(107)82(122)68(108)52(42)92)20-2-4-22(132-20)36(44-55(95)71(111)84(124)72(112)56(44)96)24-6-5-23(133-24)35(21-3-1-19(33)131-21)43-53(93)69(109)83(123)70(110)54(43)94/h1-16,131-132,135-136H. The molecule has 48 heteroatoms. The summed E-state index contributed by atoms with van der Waals surface area (Å²) >= 11 is 0. The van der Waals surface area contributed by atoms with Crippen LogP contribution in [0.5, 0.6) is 0 Å². The SMILES string of the molecule is Fc1c(F)c(F)c(C2=C3C=NC(=C3)C(c3c(F)c(F)c(F)c(F)c3F)=c3ccc([nH]3)=C(c3c(F)c(F)c(F)c(F)c3F)C3=NC(=C(c4c(F)c(F)c(F)c(F)c4F)c4ccc([nH]4)C(c4c(F)c(F)c(F)c(F)c4F)=C4C=C(C=N4)C(c4c(F)c(F)c(F)c(F)c4F)=c4ccc([nH]4)=C(c4c(F)c(F)c(F)c(F)c4F)C4=NC(=C(c5c(F)c(F)c(F)c(F)c5F)c5ccc2[nH]5)C=C4)C=C3)c(F)c1F. The monoisotopic (exact) mass is 1950 g/mol. The predicted molar refractivity (Wildman–Crippen MR) is 392 cm³/mol. The van der Waals surface area contributed by atoms with Gasteiger partial charge in [-0.1, -0.05) is 0 Å². The van der Waals surface area contributed by atoms with Crippen LogP contribution in [0.25, 0.3) is 44.6 Å². The quantitative estimate of drug-likeness (QED) is 0.0660. The van der Waals surface area contributed by atoms with Crippen LogP contribution in [-0.2, 0) is 0 Å². The van der Waals surface area contributed by atoms with Crippen LogP contribution in [-0.4, -0.2) is 43.8 Å². The Kier molecular flexibility index (Phi) is 22.4. The summed E-state index contributed by atoms with van der Waals surface area (Å²) in [6, 6.07) is 2.01. The molecule has 5 aliphatic heterocycles. The summed E-state index contributed by atoms with van der Waals surface area (Å²) < 4.78 is 645. The maximum atomic E-state index is 16.9. The van der Waals surface area contributed by atoms with Crippen LogP contribution in [0.2, 0.25) is 0 Å². The molecule has 0 aliphatic carbocycles. The molecular formula is C88H20F40N8. The first kappa shape index (κ1) is 92.0. The summed E-state index contributed by atoms with van der Waals surface area (Å²) in [7, 11) is 0. The smallest absolute Gasteiger partial charge is 0.200 e. The van der Waals surface area contributed by atoms with Crippen molar-refractivity contribution in [2.45, 2.75) is 0 Å². The van der Waals surface area contributed by atoms with E-state index in [4.69, 9.17) is 0 Å². The first-order valence-corrected chi connectivity index (χ1v) is 36.6. The molecule has 0 spiro atoms. The van der Waals surface area contributed by atoms with Gasteiger partial charge < -0.3 is 19.9 Å². The highest BCUT2D eigenvalue weighted by Crippen LogP contribution is 2.48. The van der Waals surface area contributed by atoms with Crippen molar-refractivity contribution in [3.05, 3.63) is 440 Å². The minimum atomic E-state index is -3.06. The number of nitrogens with zero attached hydrogens (tertiary/aromatic N) is 4. The molecule has 0 fully saturated rings. The molecule has 0 radical (unpaired) electrons. The lowest BCUT2D eigenvalue weighted by atomic mass is 9.94. The number of fused-ring (bicyclic) bond motifs is 12. The van der Waals surface area contributed by atoms with Crippen LogP contribution in [0.4, 0.5) is 176 Å². The van der Waals surface area contributed by atoms with Crippen LogP contribution in [0.15, 0.2) is 139 Å². The van der Waals surface area contributed by atoms with Crippen molar-refractivity contribution < 1.29 is 176 Å². The molecule has 8 nitrogen and oxygen atoms in total. The van der Waals surface area contributed by atoms with Crippen molar-refractivity contribution in [1.82, 2.24) is 19.9 Å². The van der Waals surface area contributed by atoms with Gasteiger partial charge in [-0.2, -0.15) is 0 Å². The Labute approximate surface area is 722 Å². The van der Waals surface area contributed by atoms with Gasteiger partial charge in [0, 0.05) is 112 Å². The highest BCUT2D eigenvalue weighted by molar-refractivity contribution is 6.31. The van der Waals surface area contributed by atoms with Crippen molar-refractivity contribution in [1.29, 1.82) is 0 Å². The van der Waals surface area contributed by atoms with Gasteiger partial charge in [-0.3, -0.25) is 9.98 Å². The Morgan fingerprint density at radius 1 is 0.169 bits per heavy atom. The molecule has 0 amide bonds. The number of aromatic amines is 4. The fourth-order valence-corrected chi connectivity index (χ4v) is 15.2. The number of hydrogen-bond acceptors (Lipinski definition) is 4. The number of halogens is 40. The number of rotatable bonds is 8. The van der Waals surface area contributed by atoms with Crippen molar-refractivity contribution >= 4 is 68.4 Å². The van der Waals surface area contributed by atoms with Gasteiger partial charge in [0.15, 0.2) is 186 Å². The number of aliphatic imine (C=N–C) groups is 4. The third-order valence-electron chi connectivity index (χ3n) is 21.2. The fourth-order valence-electron chi connectivity index (χ4n) is 15.2. The van der Waals surface area contributed by atoms with Gasteiger partial charge in [-0.25, -0.2) is 186 Å². The third kappa shape index (κ3) is 13.7. The lowest BCUT2D eigenvalue weighted by Gasteiger charge is -2.15. The maximum absolute atomic E-state index is 16.9. The molecule has 0 atom stereocenters. The summed E-state index contributed by atoms with van der Waals surface area (Å²) in [5, 5.41) is -5.82. The summed E-state index contributed by atoms with van der Waals surface area (Å²) in [6.45, 7) is 0. The van der Waals surface area contributed by atoms with Gasteiger partial charge in [0.1, 0.15) is 0 Å². The van der Waals surface area contributed by atoms with Gasteiger partial charge >= 0.3 is 0 Å². The highest BCUT2D eigenvalue weighted by atomic mass is 19.2. The minimum absolute atomic E-state index is 0.0787. The van der Waals surface area contributed by atoms with Gasteiger partial charge in [-0.15, -0.1) is 0 Å². The molecule has 0 unspecified atom stereocenters. The number of H-pyrrole nitrogens is 4. The van der Waals surface area contributed by atoms with E-state index < -0.39 is 411 Å². The summed E-state index contributed by atoms with van der Waals surface area (Å²) in [4.78, 5) is 23.2. The lowest BCUT2D eigenvalue weighted by Crippen LogP contribution is -2.23. The molecule has 5 aliphatic rings. The Balaban J connectivity index is 1.09. The van der Waals surface area contributed by atoms with Crippen molar-refractivity contribution in [2.24, 2.45) is 20.0 Å². The Morgan fingerprint density at radius 2 is 0.382 bits per heavy atom. The predicted octanol–water partition coefficient (Wildman–Crippen LogP) is 21.6. The molecule has 8 aromatic carbocycles. The number of hydrogen-bond donors (Lipinski definition) is 4. The molecule has 4 aromatic heterocycles. The number of allylic oxidation sites excluding steroid dienone is 9. The van der Waals surface area contributed by atoms with Crippen molar-refractivity contribution in [3.8, 4) is 0 Å². The van der Waals surface area contributed by atoms with Crippen LogP contribution in [0, 0.1) is 233 Å². The second-order valence-electron chi connectivity index (χ2n) is 28.6. The van der Waals surface area contributed by atoms with E-state index in [1.807, 2.05) is 19.9 Å². The molecule has 0 saturated heterocycles. The van der Waals surface area contributed by atoms with Gasteiger partial charge in [-0.05, 0) is 85.0 Å². The zero-order chi connectivity index (χ0) is 98.5. The molecule has 0 saturated carbocycles. The molecule has 12 aromatic rings. The van der Waals surface area contributed by atoms with E-state index in [1.165, 1.54) is 0 Å². The molecule has 16 bridgehead atoms. The first-order valence-electron chi connectivity index (χ1n) is 36.6. The molecule has 17 rings (SSSR count). The highest BCUT2D eigenvalue weighted by Gasteiger charge is 2.43. The van der Waals surface area contributed by atoms with Crippen molar-refractivity contribution in [2.75, 3.05) is 0 Å². The third-order valence-corrected chi connectivity index (χ3v) is 21.2. The zero-order valence-corrected chi connectivity index (χ0v) is 64.1. The second-order valence-corrected chi connectivity index (χ2v) is 28.6. The summed E-state index contributed by atoms with van der Waals surface area (Å²) in [5.41, 5.74) is -51.0. The minimum Gasteiger partial charge on any atom is -0.354 e. The number of nitrogens with one attached hydrogen (secondary N) is 4. The van der Waals surface area contributed by atoms with E-state index in [-0.39, 0.29) is 97.4 Å². The fraction of sp³-hybridized carbons (Fsp3) is 0. The average Bonchev–Trinajstić information content (AvgIpc) is 1.59. The van der Waals surface area contributed by atoms with Gasteiger partial charge in [0.2, 0.25) is 46.5 Å². The zero-order valence-electron chi connectivity index (χ0n) is 64.1. The van der Waals surface area contributed by atoms with Crippen LogP contribution in [0.1, 0.15) is 67.3 Å².